The molecular formula is C7H6ClFN2O2. The average molecular weight is 205 g/mol. The largest absolute Gasteiger partial charge is 0.453 e. The van der Waals surface area contributed by atoms with Gasteiger partial charge < -0.3 is 4.74 Å². The van der Waals surface area contributed by atoms with Crippen LogP contribution < -0.4 is 5.32 Å². The number of halogens is 2. The maximum absolute atomic E-state index is 12.6. The molecule has 1 aromatic heterocycles. The SMILES string of the molecule is COC(=O)Nc1cc(F)cnc1Cl. The predicted octanol–water partition coefficient (Wildman–Crippen LogP) is 2.05. The van der Waals surface area contributed by atoms with Gasteiger partial charge in [-0.2, -0.15) is 0 Å². The summed E-state index contributed by atoms with van der Waals surface area (Å²) in [6.07, 6.45) is 0.222. The fourth-order valence-corrected chi connectivity index (χ4v) is 0.822. The van der Waals surface area contributed by atoms with Gasteiger partial charge in [-0.15, -0.1) is 0 Å². The molecule has 0 radical (unpaired) electrons. The standard InChI is InChI=1S/C7H6ClFN2O2/c1-13-7(12)11-5-2-4(9)3-10-6(5)8/h2-3H,1H3,(H,11,12). The van der Waals surface area contributed by atoms with Crippen LogP contribution in [0.4, 0.5) is 14.9 Å². The molecule has 0 saturated carbocycles. The van der Waals surface area contributed by atoms with E-state index < -0.39 is 11.9 Å². The summed E-state index contributed by atoms with van der Waals surface area (Å²) in [4.78, 5) is 14.2. The topological polar surface area (TPSA) is 51.2 Å². The second kappa shape index (κ2) is 4.04. The normalized spacial score (nSPS) is 9.46. The van der Waals surface area contributed by atoms with Crippen LogP contribution in [0.2, 0.25) is 5.15 Å². The number of anilines is 1. The molecule has 1 heterocycles. The van der Waals surface area contributed by atoms with Gasteiger partial charge in [-0.25, -0.2) is 14.2 Å². The van der Waals surface area contributed by atoms with Gasteiger partial charge in [0.1, 0.15) is 5.82 Å². The van der Waals surface area contributed by atoms with Crippen LogP contribution in [0.5, 0.6) is 0 Å². The number of nitrogens with one attached hydrogen (secondary N) is 1. The minimum absolute atomic E-state index is 0.00630. The fraction of sp³-hybridized carbons (Fsp3) is 0.143. The molecule has 1 N–H and O–H groups in total. The molecular weight excluding hydrogens is 199 g/mol. The Bertz CT molecular complexity index is 332. The van der Waals surface area contributed by atoms with Crippen molar-refractivity contribution < 1.29 is 13.9 Å². The Kier molecular flexibility index (Phi) is 3.02. The molecule has 1 aromatic rings. The van der Waals surface area contributed by atoms with Gasteiger partial charge in [-0.1, -0.05) is 11.6 Å². The first-order valence-electron chi connectivity index (χ1n) is 3.29. The molecule has 0 atom stereocenters. The molecule has 6 heteroatoms. The quantitative estimate of drug-likeness (QED) is 0.713. The summed E-state index contributed by atoms with van der Waals surface area (Å²) in [6.45, 7) is 0. The zero-order chi connectivity index (χ0) is 9.84. The Morgan fingerprint density at radius 1 is 1.77 bits per heavy atom. The number of methoxy groups -OCH3 is 1. The van der Waals surface area contributed by atoms with Crippen molar-refractivity contribution in [3.8, 4) is 0 Å². The second-order valence-electron chi connectivity index (χ2n) is 2.11. The molecule has 0 spiro atoms. The van der Waals surface area contributed by atoms with Gasteiger partial charge in [-0.3, -0.25) is 5.32 Å². The molecule has 0 aliphatic carbocycles. The van der Waals surface area contributed by atoms with Gasteiger partial charge in [0.15, 0.2) is 5.15 Å². The van der Waals surface area contributed by atoms with E-state index >= 15 is 0 Å². The third-order valence-corrected chi connectivity index (χ3v) is 1.53. The Labute approximate surface area is 78.7 Å². The first-order chi connectivity index (χ1) is 6.13. The second-order valence-corrected chi connectivity index (χ2v) is 2.47. The van der Waals surface area contributed by atoms with Crippen molar-refractivity contribution in [2.45, 2.75) is 0 Å². The van der Waals surface area contributed by atoms with Crippen molar-refractivity contribution >= 4 is 23.4 Å². The van der Waals surface area contributed by atoms with Crippen molar-refractivity contribution in [1.29, 1.82) is 0 Å². The lowest BCUT2D eigenvalue weighted by Gasteiger charge is -2.04. The Balaban J connectivity index is 2.87. The van der Waals surface area contributed by atoms with E-state index in [2.05, 4.69) is 15.0 Å². The number of aromatic nitrogens is 1. The first-order valence-corrected chi connectivity index (χ1v) is 3.67. The van der Waals surface area contributed by atoms with E-state index in [1.165, 1.54) is 7.11 Å². The lowest BCUT2D eigenvalue weighted by molar-refractivity contribution is 0.187. The molecule has 1 amide bonds. The number of carbonyl (C=O) groups is 1. The van der Waals surface area contributed by atoms with Crippen LogP contribution in [-0.4, -0.2) is 18.2 Å². The summed E-state index contributed by atoms with van der Waals surface area (Å²) in [7, 11) is 1.19. The number of ether oxygens (including phenoxy) is 1. The smallest absolute Gasteiger partial charge is 0.411 e. The molecule has 0 aliphatic heterocycles. The van der Waals surface area contributed by atoms with Crippen LogP contribution in [-0.2, 0) is 4.74 Å². The maximum Gasteiger partial charge on any atom is 0.411 e. The molecule has 0 fully saturated rings. The van der Waals surface area contributed by atoms with E-state index in [4.69, 9.17) is 11.6 Å². The van der Waals surface area contributed by atoms with E-state index in [0.29, 0.717) is 0 Å². The monoisotopic (exact) mass is 204 g/mol. The van der Waals surface area contributed by atoms with E-state index in [-0.39, 0.29) is 10.8 Å². The highest BCUT2D eigenvalue weighted by atomic mass is 35.5. The zero-order valence-electron chi connectivity index (χ0n) is 6.67. The lowest BCUT2D eigenvalue weighted by atomic mass is 10.4. The highest BCUT2D eigenvalue weighted by Gasteiger charge is 2.06. The highest BCUT2D eigenvalue weighted by molar-refractivity contribution is 6.32. The van der Waals surface area contributed by atoms with Crippen LogP contribution in [0.25, 0.3) is 0 Å². The summed E-state index contributed by atoms with van der Waals surface area (Å²) in [5.74, 6) is -0.587. The number of hydrogen-bond donors (Lipinski definition) is 1. The number of amides is 1. The van der Waals surface area contributed by atoms with E-state index in [9.17, 15) is 9.18 Å². The summed E-state index contributed by atoms with van der Waals surface area (Å²) in [5, 5.41) is 2.21. The first kappa shape index (κ1) is 9.73. The van der Waals surface area contributed by atoms with Crippen molar-refractivity contribution in [1.82, 2.24) is 4.98 Å². The number of pyridine rings is 1. The van der Waals surface area contributed by atoms with Crippen molar-refractivity contribution in [3.05, 3.63) is 23.2 Å². The predicted molar refractivity (Wildman–Crippen MR) is 45.2 cm³/mol. The van der Waals surface area contributed by atoms with Crippen LogP contribution >= 0.6 is 11.6 Å². The Morgan fingerprint density at radius 3 is 3.08 bits per heavy atom. The molecule has 13 heavy (non-hydrogen) atoms. The van der Waals surface area contributed by atoms with Crippen LogP contribution in [0.1, 0.15) is 0 Å². The van der Waals surface area contributed by atoms with Gasteiger partial charge in [0, 0.05) is 6.07 Å². The van der Waals surface area contributed by atoms with Crippen molar-refractivity contribution in [3.63, 3.8) is 0 Å². The summed E-state index contributed by atoms with van der Waals surface area (Å²) < 4.78 is 16.9. The van der Waals surface area contributed by atoms with E-state index in [0.717, 1.165) is 12.3 Å². The molecule has 0 bridgehead atoms. The average Bonchev–Trinajstić information content (AvgIpc) is 2.11. The van der Waals surface area contributed by atoms with Gasteiger partial charge in [0.05, 0.1) is 19.0 Å². The van der Waals surface area contributed by atoms with E-state index in [1.807, 2.05) is 0 Å². The molecule has 0 aliphatic rings. The minimum atomic E-state index is -0.728. The highest BCUT2D eigenvalue weighted by Crippen LogP contribution is 2.19. The van der Waals surface area contributed by atoms with Gasteiger partial charge in [0.2, 0.25) is 0 Å². The van der Waals surface area contributed by atoms with Crippen LogP contribution in [0.3, 0.4) is 0 Å². The number of hydrogen-bond acceptors (Lipinski definition) is 3. The van der Waals surface area contributed by atoms with E-state index in [1.54, 1.807) is 0 Å². The maximum atomic E-state index is 12.6. The van der Waals surface area contributed by atoms with Crippen LogP contribution in [0, 0.1) is 5.82 Å². The number of nitrogens with zero attached hydrogens (tertiary/aromatic N) is 1. The molecule has 0 saturated heterocycles. The summed E-state index contributed by atoms with van der Waals surface area (Å²) in [5.41, 5.74) is 0.0773. The Morgan fingerprint density at radius 2 is 2.46 bits per heavy atom. The van der Waals surface area contributed by atoms with Gasteiger partial charge in [0.25, 0.3) is 0 Å². The minimum Gasteiger partial charge on any atom is -0.453 e. The van der Waals surface area contributed by atoms with Crippen molar-refractivity contribution in [2.24, 2.45) is 0 Å². The Hall–Kier alpha value is -1.36. The number of rotatable bonds is 1. The molecule has 0 unspecified atom stereocenters. The lowest BCUT2D eigenvalue weighted by Crippen LogP contribution is -2.11. The van der Waals surface area contributed by atoms with Crippen LogP contribution in [0.15, 0.2) is 12.3 Å². The molecule has 70 valence electrons. The molecule has 4 nitrogen and oxygen atoms in total. The third-order valence-electron chi connectivity index (χ3n) is 1.23. The molecule has 1 rings (SSSR count). The fourth-order valence-electron chi connectivity index (χ4n) is 0.671. The van der Waals surface area contributed by atoms with Gasteiger partial charge >= 0.3 is 6.09 Å². The summed E-state index contributed by atoms with van der Waals surface area (Å²) in [6, 6.07) is 1.05. The van der Waals surface area contributed by atoms with Gasteiger partial charge in [-0.05, 0) is 0 Å². The molecule has 0 aromatic carbocycles. The summed E-state index contributed by atoms with van der Waals surface area (Å²) >= 11 is 5.55. The third kappa shape index (κ3) is 2.55. The number of carbonyl (C=O) groups excluding carboxylic acids is 1. The van der Waals surface area contributed by atoms with Crippen molar-refractivity contribution in [2.75, 3.05) is 12.4 Å². The zero-order valence-corrected chi connectivity index (χ0v) is 7.43.